The zero-order valence-corrected chi connectivity index (χ0v) is 10.4. The SMILES string of the molecule is Cc1c[c-]ccc1.[CH3-].[CH3-].[Hf]. The summed E-state index contributed by atoms with van der Waals surface area (Å²) < 4.78 is 0. The molecule has 0 aliphatic heterocycles. The number of hydrogen-bond acceptors (Lipinski definition) is 0. The molecule has 0 nitrogen and oxygen atoms in total. The first kappa shape index (κ1) is 16.6. The van der Waals surface area contributed by atoms with Gasteiger partial charge in [-0.1, -0.05) is 6.92 Å². The Kier molecular flexibility index (Phi) is 15.1. The van der Waals surface area contributed by atoms with Gasteiger partial charge in [0.2, 0.25) is 0 Å². The van der Waals surface area contributed by atoms with Crippen molar-refractivity contribution in [3.05, 3.63) is 50.7 Å². The molecule has 0 unspecified atom stereocenters. The van der Waals surface area contributed by atoms with Gasteiger partial charge < -0.3 is 14.9 Å². The molecule has 0 heterocycles. The summed E-state index contributed by atoms with van der Waals surface area (Å²) in [7, 11) is 0. The van der Waals surface area contributed by atoms with Gasteiger partial charge in [0.15, 0.2) is 0 Å². The smallest absolute Gasteiger partial charge is 0 e. The second kappa shape index (κ2) is 9.09. The van der Waals surface area contributed by atoms with E-state index in [-0.39, 0.29) is 40.7 Å². The molecule has 1 heteroatoms. The molecule has 0 radical (unpaired) electrons. The summed E-state index contributed by atoms with van der Waals surface area (Å²) >= 11 is 0. The predicted octanol–water partition coefficient (Wildman–Crippen LogP) is 2.69. The Morgan fingerprint density at radius 3 is 2.10 bits per heavy atom. The Bertz CT molecular complexity index is 135. The number of rotatable bonds is 0. The van der Waals surface area contributed by atoms with Gasteiger partial charge in [0.25, 0.3) is 0 Å². The van der Waals surface area contributed by atoms with Crippen molar-refractivity contribution >= 4 is 0 Å². The van der Waals surface area contributed by atoms with E-state index in [1.807, 2.05) is 18.2 Å². The van der Waals surface area contributed by atoms with Gasteiger partial charge in [-0.2, -0.15) is 35.9 Å². The first-order chi connectivity index (χ1) is 3.39. The van der Waals surface area contributed by atoms with Crippen LogP contribution in [-0.2, 0) is 25.8 Å². The van der Waals surface area contributed by atoms with Crippen LogP contribution in [0.4, 0.5) is 0 Å². The summed E-state index contributed by atoms with van der Waals surface area (Å²) in [6.45, 7) is 2.05. The molecule has 0 fully saturated rings. The van der Waals surface area contributed by atoms with Gasteiger partial charge in [-0.25, -0.2) is 0 Å². The van der Waals surface area contributed by atoms with E-state index in [0.29, 0.717) is 0 Å². The molecule has 0 atom stereocenters. The molecular weight excluding hydrogens is 287 g/mol. The van der Waals surface area contributed by atoms with Crippen LogP contribution in [0.15, 0.2) is 24.3 Å². The van der Waals surface area contributed by atoms with Crippen LogP contribution in [0.25, 0.3) is 0 Å². The minimum atomic E-state index is 0. The molecule has 0 bridgehead atoms. The second-order valence-corrected chi connectivity index (χ2v) is 1.58. The van der Waals surface area contributed by atoms with Crippen LogP contribution in [0.5, 0.6) is 0 Å². The Hall–Kier alpha value is 0.0901. The van der Waals surface area contributed by atoms with Crippen molar-refractivity contribution in [1.82, 2.24) is 0 Å². The third kappa shape index (κ3) is 6.21. The van der Waals surface area contributed by atoms with E-state index in [0.717, 1.165) is 0 Å². The Labute approximate surface area is 83.4 Å². The van der Waals surface area contributed by atoms with Gasteiger partial charge >= 0.3 is 0 Å². The van der Waals surface area contributed by atoms with E-state index in [2.05, 4.69) is 19.1 Å². The van der Waals surface area contributed by atoms with Gasteiger partial charge in [0.05, 0.1) is 0 Å². The summed E-state index contributed by atoms with van der Waals surface area (Å²) in [5, 5.41) is 0. The fourth-order valence-corrected chi connectivity index (χ4v) is 0.483. The normalized spacial score (nSPS) is 6.10. The molecule has 0 N–H and O–H groups in total. The van der Waals surface area contributed by atoms with Crippen molar-refractivity contribution in [3.8, 4) is 0 Å². The fourth-order valence-electron chi connectivity index (χ4n) is 0.483. The first-order valence-corrected chi connectivity index (χ1v) is 2.32. The zero-order valence-electron chi connectivity index (χ0n) is 6.81. The average Bonchev–Trinajstić information content (AvgIpc) is 1.69. The Morgan fingerprint density at radius 2 is 1.90 bits per heavy atom. The Balaban J connectivity index is -0.000000163. The number of hydrogen-bond donors (Lipinski definition) is 0. The van der Waals surface area contributed by atoms with Crippen LogP contribution in [-0.4, -0.2) is 0 Å². The van der Waals surface area contributed by atoms with E-state index >= 15 is 0 Å². The average molecular weight is 300 g/mol. The van der Waals surface area contributed by atoms with Crippen molar-refractivity contribution < 1.29 is 25.8 Å². The summed E-state index contributed by atoms with van der Waals surface area (Å²) in [5.74, 6) is 0. The van der Waals surface area contributed by atoms with E-state index in [1.165, 1.54) is 5.56 Å². The third-order valence-electron chi connectivity index (χ3n) is 0.863. The largest absolute Gasteiger partial charge is 0.358 e. The molecule has 1 rings (SSSR count). The van der Waals surface area contributed by atoms with E-state index < -0.39 is 0 Å². The molecular formula is C9H13Hf-3. The molecule has 0 aromatic heterocycles. The second-order valence-electron chi connectivity index (χ2n) is 1.58. The fraction of sp³-hybridized carbons (Fsp3) is 0.111. The Morgan fingerprint density at radius 1 is 1.30 bits per heavy atom. The summed E-state index contributed by atoms with van der Waals surface area (Å²) in [4.78, 5) is 0. The maximum absolute atomic E-state index is 2.96. The minimum Gasteiger partial charge on any atom is -0.358 e. The van der Waals surface area contributed by atoms with Gasteiger partial charge in [0.1, 0.15) is 0 Å². The summed E-state index contributed by atoms with van der Waals surface area (Å²) in [5.41, 5.74) is 1.27. The van der Waals surface area contributed by atoms with E-state index in [1.54, 1.807) is 0 Å². The summed E-state index contributed by atoms with van der Waals surface area (Å²) in [6, 6.07) is 10.8. The van der Waals surface area contributed by atoms with Crippen molar-refractivity contribution in [2.75, 3.05) is 0 Å². The van der Waals surface area contributed by atoms with Crippen molar-refractivity contribution in [2.24, 2.45) is 0 Å². The van der Waals surface area contributed by atoms with Crippen molar-refractivity contribution in [2.45, 2.75) is 6.92 Å². The van der Waals surface area contributed by atoms with Crippen LogP contribution in [0, 0.1) is 27.8 Å². The molecule has 1 aromatic rings. The standard InChI is InChI=1S/C7H7.2CH3.Hf/c1-7-5-3-2-4-6-7;;;/h2-3,5-6H,1H3;2*1H3;/q3*-1;. The monoisotopic (exact) mass is 301 g/mol. The molecule has 56 valence electrons. The maximum atomic E-state index is 2.96. The molecule has 0 spiro atoms. The zero-order chi connectivity index (χ0) is 5.11. The van der Waals surface area contributed by atoms with Crippen LogP contribution in [0.3, 0.4) is 0 Å². The van der Waals surface area contributed by atoms with Crippen LogP contribution in [0.2, 0.25) is 0 Å². The molecule has 10 heavy (non-hydrogen) atoms. The topological polar surface area (TPSA) is 0 Å². The van der Waals surface area contributed by atoms with Gasteiger partial charge in [-0.15, -0.1) is 0 Å². The molecule has 0 amide bonds. The van der Waals surface area contributed by atoms with Crippen LogP contribution >= 0.6 is 0 Å². The van der Waals surface area contributed by atoms with E-state index in [4.69, 9.17) is 0 Å². The van der Waals surface area contributed by atoms with Gasteiger partial charge in [-0.3, -0.25) is 0 Å². The quantitative estimate of drug-likeness (QED) is 0.510. The third-order valence-corrected chi connectivity index (χ3v) is 0.863. The maximum Gasteiger partial charge on any atom is 0 e. The van der Waals surface area contributed by atoms with Crippen LogP contribution < -0.4 is 0 Å². The predicted molar refractivity (Wildman–Crippen MR) is 42.8 cm³/mol. The molecule has 0 saturated heterocycles. The molecule has 0 aliphatic rings. The number of benzene rings is 1. The summed E-state index contributed by atoms with van der Waals surface area (Å²) in [6.07, 6.45) is 0. The minimum absolute atomic E-state index is 0. The molecule has 0 aliphatic carbocycles. The molecule has 1 aromatic carbocycles. The first-order valence-electron chi connectivity index (χ1n) is 2.32. The van der Waals surface area contributed by atoms with Crippen molar-refractivity contribution in [1.29, 1.82) is 0 Å². The molecule has 0 saturated carbocycles. The van der Waals surface area contributed by atoms with E-state index in [9.17, 15) is 0 Å². The number of aryl methyl sites for hydroxylation is 1. The van der Waals surface area contributed by atoms with Crippen LogP contribution in [0.1, 0.15) is 5.56 Å². The van der Waals surface area contributed by atoms with Gasteiger partial charge in [-0.05, 0) is 0 Å². The van der Waals surface area contributed by atoms with Gasteiger partial charge in [0, 0.05) is 25.8 Å². The van der Waals surface area contributed by atoms with Crippen molar-refractivity contribution in [3.63, 3.8) is 0 Å².